The van der Waals surface area contributed by atoms with Crippen LogP contribution >= 0.6 is 0 Å². The highest BCUT2D eigenvalue weighted by Gasteiger charge is 2.52. The van der Waals surface area contributed by atoms with E-state index in [1.165, 1.54) is 55.3 Å². The summed E-state index contributed by atoms with van der Waals surface area (Å²) in [7, 11) is 0. The Bertz CT molecular complexity index is 3080. The van der Waals surface area contributed by atoms with Crippen LogP contribution in [0, 0.1) is 0 Å². The van der Waals surface area contributed by atoms with Crippen molar-refractivity contribution in [3.8, 4) is 62.1 Å². The maximum Gasteiger partial charge on any atom is 0.164 e. The molecule has 0 fully saturated rings. The summed E-state index contributed by atoms with van der Waals surface area (Å²) in [6, 6.07) is 62.8. The lowest BCUT2D eigenvalue weighted by atomic mass is 9.70. The van der Waals surface area contributed by atoms with Gasteiger partial charge in [0.1, 0.15) is 0 Å². The van der Waals surface area contributed by atoms with Gasteiger partial charge >= 0.3 is 0 Å². The van der Waals surface area contributed by atoms with Gasteiger partial charge < -0.3 is 4.57 Å². The van der Waals surface area contributed by atoms with E-state index in [2.05, 4.69) is 149 Å². The molecule has 0 aliphatic heterocycles. The molecule has 7 aromatic carbocycles. The standard InChI is InChI=1S/C51H31N5/c1-3-13-32(14-4-1)48-53-49(33-15-5-2-6-16-33)55-50(54-48)34-23-25-38-36-17-7-10-20-42(36)51(44(38)29-34)43-21-11-8-18-37(43)39-26-24-35(30-45(39)51)56-46-22-12-9-19-40(46)41-27-28-52-31-47(41)56/h1-31H. The molecule has 0 N–H and O–H groups in total. The molecule has 0 amide bonds. The molecule has 0 saturated carbocycles. The highest BCUT2D eigenvalue weighted by Crippen LogP contribution is 2.63. The highest BCUT2D eigenvalue weighted by atomic mass is 15.0. The second kappa shape index (κ2) is 11.7. The molecular weight excluding hydrogens is 683 g/mol. The van der Waals surface area contributed by atoms with Crippen molar-refractivity contribution < 1.29 is 0 Å². The van der Waals surface area contributed by atoms with Gasteiger partial charge in [0.05, 0.1) is 22.6 Å². The number of hydrogen-bond donors (Lipinski definition) is 0. The summed E-state index contributed by atoms with van der Waals surface area (Å²) in [5, 5.41) is 2.41. The van der Waals surface area contributed by atoms with Gasteiger partial charge in [-0.1, -0.05) is 146 Å². The fraction of sp³-hybridized carbons (Fsp3) is 0.0196. The first-order valence-electron chi connectivity index (χ1n) is 19.0. The van der Waals surface area contributed by atoms with Crippen molar-refractivity contribution in [1.29, 1.82) is 0 Å². The van der Waals surface area contributed by atoms with Crippen molar-refractivity contribution >= 4 is 21.8 Å². The van der Waals surface area contributed by atoms with Crippen LogP contribution in [0.1, 0.15) is 22.3 Å². The number of benzene rings is 7. The van der Waals surface area contributed by atoms with Gasteiger partial charge in [0.25, 0.3) is 0 Å². The second-order valence-electron chi connectivity index (χ2n) is 14.6. The number of hydrogen-bond acceptors (Lipinski definition) is 4. The molecule has 2 aliphatic rings. The van der Waals surface area contributed by atoms with E-state index in [1.807, 2.05) is 48.8 Å². The third-order valence-corrected chi connectivity index (χ3v) is 11.8. The molecule has 0 bridgehead atoms. The minimum absolute atomic E-state index is 0.571. The Balaban J connectivity index is 1.13. The summed E-state index contributed by atoms with van der Waals surface area (Å²) in [5.41, 5.74) is 15.6. The number of rotatable bonds is 4. The minimum atomic E-state index is -0.571. The normalized spacial score (nSPS) is 14.9. The van der Waals surface area contributed by atoms with Gasteiger partial charge in [0, 0.05) is 39.3 Å². The zero-order chi connectivity index (χ0) is 36.8. The number of pyridine rings is 1. The van der Waals surface area contributed by atoms with E-state index in [0.29, 0.717) is 17.5 Å². The summed E-state index contributed by atoms with van der Waals surface area (Å²) in [4.78, 5) is 19.9. The van der Waals surface area contributed by atoms with Gasteiger partial charge in [-0.15, -0.1) is 0 Å². The first-order valence-corrected chi connectivity index (χ1v) is 19.0. The summed E-state index contributed by atoms with van der Waals surface area (Å²) in [6.07, 6.45) is 3.87. The Morgan fingerprint density at radius 2 is 0.893 bits per heavy atom. The smallest absolute Gasteiger partial charge is 0.164 e. The first kappa shape index (κ1) is 30.9. The molecule has 260 valence electrons. The predicted octanol–water partition coefficient (Wildman–Crippen LogP) is 11.7. The molecule has 1 atom stereocenters. The Hall–Kier alpha value is -7.50. The third-order valence-electron chi connectivity index (χ3n) is 11.8. The molecule has 2 aliphatic carbocycles. The molecule has 0 radical (unpaired) electrons. The maximum atomic E-state index is 5.15. The van der Waals surface area contributed by atoms with Crippen molar-refractivity contribution in [3.05, 3.63) is 211 Å². The quantitative estimate of drug-likeness (QED) is 0.182. The molecule has 1 unspecified atom stereocenters. The lowest BCUT2D eigenvalue weighted by molar-refractivity contribution is 0.792. The molecule has 5 nitrogen and oxygen atoms in total. The zero-order valence-corrected chi connectivity index (χ0v) is 30.1. The van der Waals surface area contributed by atoms with E-state index >= 15 is 0 Å². The fourth-order valence-corrected chi connectivity index (χ4v) is 9.44. The van der Waals surface area contributed by atoms with Crippen LogP contribution in [-0.2, 0) is 5.41 Å². The number of para-hydroxylation sites is 1. The molecule has 0 saturated heterocycles. The molecule has 3 aromatic heterocycles. The Kier molecular flexibility index (Phi) is 6.48. The lowest BCUT2D eigenvalue weighted by Gasteiger charge is -2.31. The monoisotopic (exact) mass is 713 g/mol. The number of nitrogens with zero attached hydrogens (tertiary/aromatic N) is 5. The highest BCUT2D eigenvalue weighted by molar-refractivity contribution is 6.09. The van der Waals surface area contributed by atoms with Crippen LogP contribution in [0.3, 0.4) is 0 Å². The average Bonchev–Trinajstić information content (AvgIpc) is 3.88. The second-order valence-corrected chi connectivity index (χ2v) is 14.6. The van der Waals surface area contributed by atoms with Crippen LogP contribution in [0.5, 0.6) is 0 Å². The van der Waals surface area contributed by atoms with Gasteiger partial charge in [0.15, 0.2) is 17.5 Å². The molecule has 1 spiro atoms. The van der Waals surface area contributed by atoms with Crippen LogP contribution in [-0.4, -0.2) is 24.5 Å². The maximum absolute atomic E-state index is 5.15. The zero-order valence-electron chi connectivity index (χ0n) is 30.1. The van der Waals surface area contributed by atoms with E-state index in [1.54, 1.807) is 0 Å². The topological polar surface area (TPSA) is 56.5 Å². The van der Waals surface area contributed by atoms with E-state index in [9.17, 15) is 0 Å². The van der Waals surface area contributed by atoms with Crippen molar-refractivity contribution in [3.63, 3.8) is 0 Å². The molecular formula is C51H31N5. The molecule has 10 aromatic rings. The van der Waals surface area contributed by atoms with E-state index in [-0.39, 0.29) is 0 Å². The Morgan fingerprint density at radius 3 is 1.57 bits per heavy atom. The molecule has 3 heterocycles. The third kappa shape index (κ3) is 4.25. The summed E-state index contributed by atoms with van der Waals surface area (Å²) < 4.78 is 2.37. The van der Waals surface area contributed by atoms with Crippen LogP contribution in [0.2, 0.25) is 0 Å². The first-order chi connectivity index (χ1) is 27.8. The molecule has 5 heteroatoms. The van der Waals surface area contributed by atoms with Crippen molar-refractivity contribution in [2.75, 3.05) is 0 Å². The summed E-state index contributed by atoms with van der Waals surface area (Å²) >= 11 is 0. The summed E-state index contributed by atoms with van der Waals surface area (Å²) in [6.45, 7) is 0. The van der Waals surface area contributed by atoms with E-state index in [0.717, 1.165) is 33.4 Å². The van der Waals surface area contributed by atoms with Crippen LogP contribution in [0.4, 0.5) is 0 Å². The van der Waals surface area contributed by atoms with Gasteiger partial charge in [-0.3, -0.25) is 4.98 Å². The molecule has 56 heavy (non-hydrogen) atoms. The number of aromatic nitrogens is 5. The SMILES string of the molecule is c1ccc(-c2nc(-c3ccccc3)nc(-c3ccc4c(c3)C3(c5ccccc5-4)c4ccccc4-c4ccc(-n5c6ccccc6c6ccncc65)cc43)n2)cc1. The number of fused-ring (bicyclic) bond motifs is 13. The van der Waals surface area contributed by atoms with Gasteiger partial charge in [0.2, 0.25) is 0 Å². The van der Waals surface area contributed by atoms with Crippen molar-refractivity contribution in [2.24, 2.45) is 0 Å². The lowest BCUT2D eigenvalue weighted by Crippen LogP contribution is -2.26. The molecule has 12 rings (SSSR count). The van der Waals surface area contributed by atoms with E-state index < -0.39 is 5.41 Å². The van der Waals surface area contributed by atoms with Gasteiger partial charge in [-0.05, 0) is 74.8 Å². The van der Waals surface area contributed by atoms with Crippen LogP contribution < -0.4 is 0 Å². The average molecular weight is 714 g/mol. The van der Waals surface area contributed by atoms with Gasteiger partial charge in [-0.2, -0.15) is 0 Å². The van der Waals surface area contributed by atoms with Gasteiger partial charge in [-0.25, -0.2) is 15.0 Å². The fourth-order valence-electron chi connectivity index (χ4n) is 9.44. The minimum Gasteiger partial charge on any atom is -0.308 e. The van der Waals surface area contributed by atoms with Crippen molar-refractivity contribution in [2.45, 2.75) is 5.41 Å². The van der Waals surface area contributed by atoms with Crippen LogP contribution in [0.15, 0.2) is 188 Å². The summed E-state index contributed by atoms with van der Waals surface area (Å²) in [5.74, 6) is 1.94. The Labute approximate surface area is 323 Å². The largest absolute Gasteiger partial charge is 0.308 e. The predicted molar refractivity (Wildman–Crippen MR) is 225 cm³/mol. The Morgan fingerprint density at radius 1 is 0.375 bits per heavy atom. The van der Waals surface area contributed by atoms with Crippen molar-refractivity contribution in [1.82, 2.24) is 24.5 Å². The van der Waals surface area contributed by atoms with Crippen LogP contribution in [0.25, 0.3) is 83.9 Å². The van der Waals surface area contributed by atoms with E-state index in [4.69, 9.17) is 15.0 Å².